The average Bonchev–Trinajstić information content (AvgIpc) is 3.16. The molecule has 7 heteroatoms. The summed E-state index contributed by atoms with van der Waals surface area (Å²) >= 11 is 0. The first-order valence-electron chi connectivity index (χ1n) is 6.28. The number of guanidine groups is 1. The van der Waals surface area contributed by atoms with Crippen molar-refractivity contribution in [1.29, 1.82) is 0 Å². The summed E-state index contributed by atoms with van der Waals surface area (Å²) in [4.78, 5) is 10.6. The number of hydrogen-bond donors (Lipinski definition) is 1. The highest BCUT2D eigenvalue weighted by atomic mass is 16.5. The molecular weight excluding hydrogens is 234 g/mol. The Hall–Kier alpha value is -1.63. The molecule has 0 radical (unpaired) electrons. The molecule has 0 bridgehead atoms. The summed E-state index contributed by atoms with van der Waals surface area (Å²) in [5.74, 6) is 2.37. The summed E-state index contributed by atoms with van der Waals surface area (Å²) in [7, 11) is 0. The zero-order chi connectivity index (χ0) is 12.4. The first kappa shape index (κ1) is 11.5. The van der Waals surface area contributed by atoms with Gasteiger partial charge in [0, 0.05) is 19.0 Å². The van der Waals surface area contributed by atoms with Crippen LogP contribution in [0.4, 0.5) is 0 Å². The quantitative estimate of drug-likeness (QED) is 0.605. The summed E-state index contributed by atoms with van der Waals surface area (Å²) in [6.07, 6.45) is 2.33. The van der Waals surface area contributed by atoms with E-state index in [9.17, 15) is 0 Å². The van der Waals surface area contributed by atoms with Crippen LogP contribution in [0.15, 0.2) is 9.52 Å². The van der Waals surface area contributed by atoms with Crippen LogP contribution in [0.25, 0.3) is 0 Å². The summed E-state index contributed by atoms with van der Waals surface area (Å²) < 4.78 is 10.4. The van der Waals surface area contributed by atoms with E-state index in [2.05, 4.69) is 15.1 Å². The zero-order valence-electron chi connectivity index (χ0n) is 10.2. The molecule has 2 fully saturated rings. The normalized spacial score (nSPS) is 21.3. The van der Waals surface area contributed by atoms with E-state index in [1.54, 1.807) is 0 Å². The number of nitrogens with two attached hydrogens (primary N) is 1. The summed E-state index contributed by atoms with van der Waals surface area (Å²) in [5.41, 5.74) is 5.91. The summed E-state index contributed by atoms with van der Waals surface area (Å²) in [5, 5.41) is 3.94. The Labute approximate surface area is 105 Å². The molecule has 1 aliphatic carbocycles. The maximum absolute atomic E-state index is 5.91. The van der Waals surface area contributed by atoms with E-state index in [1.165, 1.54) is 0 Å². The molecule has 1 saturated heterocycles. The number of morpholine rings is 1. The van der Waals surface area contributed by atoms with Gasteiger partial charge in [0.1, 0.15) is 6.54 Å². The number of aliphatic imine (C=N–C) groups is 1. The van der Waals surface area contributed by atoms with Crippen molar-refractivity contribution in [3.05, 3.63) is 11.7 Å². The van der Waals surface area contributed by atoms with Gasteiger partial charge in [-0.1, -0.05) is 5.16 Å². The number of nitrogens with zero attached hydrogens (tertiary/aromatic N) is 4. The molecule has 3 rings (SSSR count). The van der Waals surface area contributed by atoms with Crippen molar-refractivity contribution in [3.8, 4) is 0 Å². The van der Waals surface area contributed by atoms with Crippen LogP contribution in [0.3, 0.4) is 0 Å². The van der Waals surface area contributed by atoms with Crippen LogP contribution >= 0.6 is 0 Å². The molecule has 0 amide bonds. The maximum atomic E-state index is 5.91. The second kappa shape index (κ2) is 4.93. The van der Waals surface area contributed by atoms with Gasteiger partial charge >= 0.3 is 0 Å². The van der Waals surface area contributed by atoms with Crippen molar-refractivity contribution in [2.24, 2.45) is 10.7 Å². The van der Waals surface area contributed by atoms with Crippen LogP contribution in [0.5, 0.6) is 0 Å². The minimum atomic E-state index is 0.350. The Bertz CT molecular complexity index is 434. The minimum Gasteiger partial charge on any atom is -0.378 e. The monoisotopic (exact) mass is 251 g/mol. The number of aromatic nitrogens is 2. The van der Waals surface area contributed by atoms with E-state index in [0.29, 0.717) is 37.5 Å². The molecular formula is C11H17N5O2. The number of rotatable bonds is 3. The zero-order valence-corrected chi connectivity index (χ0v) is 10.2. The topological polar surface area (TPSA) is 89.8 Å². The van der Waals surface area contributed by atoms with Gasteiger partial charge in [0.05, 0.1) is 13.2 Å². The molecule has 0 unspecified atom stereocenters. The molecule has 1 aliphatic heterocycles. The van der Waals surface area contributed by atoms with Crippen molar-refractivity contribution in [3.63, 3.8) is 0 Å². The fourth-order valence-electron chi connectivity index (χ4n) is 1.88. The van der Waals surface area contributed by atoms with Gasteiger partial charge in [-0.05, 0) is 12.8 Å². The summed E-state index contributed by atoms with van der Waals surface area (Å²) in [6.45, 7) is 3.31. The molecule has 1 aromatic rings. The van der Waals surface area contributed by atoms with Crippen LogP contribution in [0, 0.1) is 0 Å². The molecule has 7 nitrogen and oxygen atoms in total. The van der Waals surface area contributed by atoms with Gasteiger partial charge in [0.15, 0.2) is 11.8 Å². The number of hydrogen-bond acceptors (Lipinski definition) is 5. The van der Waals surface area contributed by atoms with Gasteiger partial charge in [-0.25, -0.2) is 4.99 Å². The second-order valence-electron chi connectivity index (χ2n) is 4.59. The lowest BCUT2D eigenvalue weighted by atomic mass is 10.4. The van der Waals surface area contributed by atoms with Crippen molar-refractivity contribution in [2.75, 3.05) is 26.3 Å². The van der Waals surface area contributed by atoms with E-state index in [1.807, 2.05) is 4.90 Å². The molecule has 0 spiro atoms. The van der Waals surface area contributed by atoms with Gasteiger partial charge in [-0.15, -0.1) is 0 Å². The van der Waals surface area contributed by atoms with E-state index in [4.69, 9.17) is 15.0 Å². The highest BCUT2D eigenvalue weighted by Gasteiger charge is 2.28. The standard InChI is InChI=1S/C11H17N5O2/c12-11(16-3-5-17-6-4-16)13-7-9-14-10(15-18-9)8-1-2-8/h8H,1-7H2,(H2,12,13). The number of ether oxygens (including phenoxy) is 1. The highest BCUT2D eigenvalue weighted by Crippen LogP contribution is 2.38. The van der Waals surface area contributed by atoms with Crippen LogP contribution in [0.1, 0.15) is 30.5 Å². The van der Waals surface area contributed by atoms with Gasteiger partial charge < -0.3 is 19.9 Å². The molecule has 0 atom stereocenters. The Morgan fingerprint density at radius 1 is 1.39 bits per heavy atom. The summed E-state index contributed by atoms with van der Waals surface area (Å²) in [6, 6.07) is 0. The van der Waals surface area contributed by atoms with Crippen molar-refractivity contribution in [2.45, 2.75) is 25.3 Å². The predicted octanol–water partition coefficient (Wildman–Crippen LogP) is 0.0939. The van der Waals surface area contributed by atoms with Crippen molar-refractivity contribution >= 4 is 5.96 Å². The van der Waals surface area contributed by atoms with Gasteiger partial charge in [0.25, 0.3) is 0 Å². The van der Waals surface area contributed by atoms with E-state index in [-0.39, 0.29) is 0 Å². The lowest BCUT2D eigenvalue weighted by Crippen LogP contribution is -2.44. The third-order valence-electron chi connectivity index (χ3n) is 3.14. The largest absolute Gasteiger partial charge is 0.378 e. The fraction of sp³-hybridized carbons (Fsp3) is 0.727. The first-order chi connectivity index (χ1) is 8.83. The van der Waals surface area contributed by atoms with Crippen LogP contribution < -0.4 is 5.73 Å². The Kier molecular flexibility index (Phi) is 3.14. The smallest absolute Gasteiger partial charge is 0.248 e. The lowest BCUT2D eigenvalue weighted by Gasteiger charge is -2.27. The Morgan fingerprint density at radius 2 is 2.17 bits per heavy atom. The average molecular weight is 251 g/mol. The fourth-order valence-corrected chi connectivity index (χ4v) is 1.88. The van der Waals surface area contributed by atoms with Crippen LogP contribution in [0.2, 0.25) is 0 Å². The first-order valence-corrected chi connectivity index (χ1v) is 6.28. The van der Waals surface area contributed by atoms with Crippen molar-refractivity contribution < 1.29 is 9.26 Å². The molecule has 2 N–H and O–H groups in total. The van der Waals surface area contributed by atoms with Gasteiger partial charge in [-0.3, -0.25) is 0 Å². The second-order valence-corrected chi connectivity index (χ2v) is 4.59. The SMILES string of the molecule is NC(=NCc1nc(C2CC2)no1)N1CCOCC1. The third-order valence-corrected chi connectivity index (χ3v) is 3.14. The van der Waals surface area contributed by atoms with Crippen LogP contribution in [-0.2, 0) is 11.3 Å². The van der Waals surface area contributed by atoms with E-state index < -0.39 is 0 Å². The Morgan fingerprint density at radius 3 is 2.89 bits per heavy atom. The predicted molar refractivity (Wildman–Crippen MR) is 64.0 cm³/mol. The van der Waals surface area contributed by atoms with Crippen LogP contribution in [-0.4, -0.2) is 47.3 Å². The molecule has 1 saturated carbocycles. The maximum Gasteiger partial charge on any atom is 0.248 e. The van der Waals surface area contributed by atoms with Gasteiger partial charge in [0.2, 0.25) is 5.89 Å². The molecule has 1 aromatic heterocycles. The molecule has 2 aliphatic rings. The third kappa shape index (κ3) is 2.61. The van der Waals surface area contributed by atoms with E-state index in [0.717, 1.165) is 31.8 Å². The molecule has 98 valence electrons. The highest BCUT2D eigenvalue weighted by molar-refractivity contribution is 5.78. The molecule has 0 aromatic carbocycles. The van der Waals surface area contributed by atoms with Gasteiger partial charge in [-0.2, -0.15) is 4.98 Å². The minimum absolute atomic E-state index is 0.350. The molecule has 2 heterocycles. The Balaban J connectivity index is 1.57. The van der Waals surface area contributed by atoms with E-state index >= 15 is 0 Å². The van der Waals surface area contributed by atoms with Crippen molar-refractivity contribution in [1.82, 2.24) is 15.0 Å². The lowest BCUT2D eigenvalue weighted by molar-refractivity contribution is 0.0674. The molecule has 18 heavy (non-hydrogen) atoms.